The minimum atomic E-state index is -1.21. The van der Waals surface area contributed by atoms with E-state index in [2.05, 4.69) is 0 Å². The summed E-state index contributed by atoms with van der Waals surface area (Å²) >= 11 is 6.02. The first-order valence-electron chi connectivity index (χ1n) is 5.15. The quantitative estimate of drug-likeness (QED) is 0.866. The van der Waals surface area contributed by atoms with Gasteiger partial charge in [0.15, 0.2) is 0 Å². The Bertz CT molecular complexity index is 522. The maximum absolute atomic E-state index is 12.2. The van der Waals surface area contributed by atoms with E-state index < -0.39 is 10.8 Å². The van der Waals surface area contributed by atoms with Crippen molar-refractivity contribution in [3.8, 4) is 0 Å². The van der Waals surface area contributed by atoms with Gasteiger partial charge in [0, 0.05) is 5.69 Å². The molecule has 0 aliphatic heterocycles. The van der Waals surface area contributed by atoms with Gasteiger partial charge in [0.1, 0.15) is 0 Å². The first-order valence-corrected chi connectivity index (χ1v) is 6.84. The first-order chi connectivity index (χ1) is 8.18. The predicted molar refractivity (Wildman–Crippen MR) is 72.4 cm³/mol. The number of halogens is 1. The highest BCUT2D eigenvalue weighted by molar-refractivity contribution is 7.84. The molecule has 1 atom stereocenters. The second-order valence-corrected chi connectivity index (χ2v) is 5.43. The van der Waals surface area contributed by atoms with Gasteiger partial charge in [-0.05, 0) is 17.7 Å². The molecule has 88 valence electrons. The molecule has 2 nitrogen and oxygen atoms in total. The molecule has 0 aliphatic rings. The summed E-state index contributed by atoms with van der Waals surface area (Å²) in [4.78, 5) is 0.526. The van der Waals surface area contributed by atoms with Gasteiger partial charge in [-0.2, -0.15) is 0 Å². The van der Waals surface area contributed by atoms with Crippen LogP contribution in [-0.2, 0) is 16.6 Å². The lowest BCUT2D eigenvalue weighted by atomic mass is 10.2. The summed E-state index contributed by atoms with van der Waals surface area (Å²) in [6, 6.07) is 14.8. The normalized spacial score (nSPS) is 12.3. The fourth-order valence-electron chi connectivity index (χ4n) is 1.56. The van der Waals surface area contributed by atoms with Crippen LogP contribution in [0.15, 0.2) is 53.4 Å². The number of nitrogens with two attached hydrogens (primary N) is 1. The van der Waals surface area contributed by atoms with E-state index in [4.69, 9.17) is 17.3 Å². The van der Waals surface area contributed by atoms with Gasteiger partial charge in [-0.3, -0.25) is 4.21 Å². The summed E-state index contributed by atoms with van der Waals surface area (Å²) in [5.41, 5.74) is 7.28. The molecular weight excluding hydrogens is 254 g/mol. The maximum atomic E-state index is 12.2. The molecule has 17 heavy (non-hydrogen) atoms. The summed E-state index contributed by atoms with van der Waals surface area (Å²) in [5.74, 6) is 0.425. The highest BCUT2D eigenvalue weighted by Crippen LogP contribution is 2.27. The van der Waals surface area contributed by atoms with E-state index in [9.17, 15) is 4.21 Å². The van der Waals surface area contributed by atoms with Crippen LogP contribution in [0.4, 0.5) is 5.69 Å². The minimum Gasteiger partial charge on any atom is -0.398 e. The van der Waals surface area contributed by atoms with Crippen LogP contribution < -0.4 is 5.73 Å². The first kappa shape index (κ1) is 12.1. The lowest BCUT2D eigenvalue weighted by molar-refractivity contribution is 0.683. The largest absolute Gasteiger partial charge is 0.398 e. The Morgan fingerprint density at radius 2 is 1.76 bits per heavy atom. The molecule has 0 radical (unpaired) electrons. The Hall–Kier alpha value is -1.32. The molecule has 0 saturated heterocycles. The second kappa shape index (κ2) is 5.34. The fourth-order valence-corrected chi connectivity index (χ4v) is 3.26. The number of benzene rings is 2. The molecule has 0 fully saturated rings. The third-order valence-corrected chi connectivity index (χ3v) is 4.30. The Morgan fingerprint density at radius 1 is 1.06 bits per heavy atom. The molecule has 0 saturated carbocycles. The van der Waals surface area contributed by atoms with Crippen LogP contribution in [0.1, 0.15) is 5.56 Å². The smallest absolute Gasteiger partial charge is 0.0806 e. The molecule has 0 amide bonds. The van der Waals surface area contributed by atoms with Gasteiger partial charge in [0.2, 0.25) is 0 Å². The van der Waals surface area contributed by atoms with E-state index in [0.717, 1.165) is 5.56 Å². The lowest BCUT2D eigenvalue weighted by Crippen LogP contribution is -2.01. The van der Waals surface area contributed by atoms with Gasteiger partial charge in [0.25, 0.3) is 0 Å². The third kappa shape index (κ3) is 2.87. The molecule has 0 aromatic heterocycles. The number of hydrogen-bond acceptors (Lipinski definition) is 2. The molecule has 0 aliphatic carbocycles. The third-order valence-electron chi connectivity index (χ3n) is 2.37. The minimum absolute atomic E-state index is 0.425. The van der Waals surface area contributed by atoms with Crippen LogP contribution in [0.3, 0.4) is 0 Å². The molecule has 2 aromatic carbocycles. The van der Waals surface area contributed by atoms with Crippen LogP contribution in [0, 0.1) is 0 Å². The second-order valence-electron chi connectivity index (χ2n) is 3.63. The van der Waals surface area contributed by atoms with Crippen molar-refractivity contribution in [3.63, 3.8) is 0 Å². The zero-order valence-electron chi connectivity index (χ0n) is 9.10. The molecule has 2 aromatic rings. The molecule has 0 spiro atoms. The molecular formula is C13H12ClNOS. The van der Waals surface area contributed by atoms with Crippen LogP contribution in [0.25, 0.3) is 0 Å². The van der Waals surface area contributed by atoms with Gasteiger partial charge >= 0.3 is 0 Å². The average molecular weight is 266 g/mol. The van der Waals surface area contributed by atoms with E-state index >= 15 is 0 Å². The Labute approximate surface area is 108 Å². The molecule has 2 rings (SSSR count). The van der Waals surface area contributed by atoms with Crippen molar-refractivity contribution in [2.45, 2.75) is 10.6 Å². The fraction of sp³-hybridized carbons (Fsp3) is 0.0769. The van der Waals surface area contributed by atoms with Crippen molar-refractivity contribution in [2.24, 2.45) is 0 Å². The van der Waals surface area contributed by atoms with E-state index in [1.807, 2.05) is 30.3 Å². The van der Waals surface area contributed by atoms with E-state index in [0.29, 0.717) is 21.4 Å². The summed E-state index contributed by atoms with van der Waals surface area (Å²) in [5, 5.41) is 0.458. The Kier molecular flexibility index (Phi) is 3.82. The van der Waals surface area contributed by atoms with Gasteiger partial charge in [-0.15, -0.1) is 0 Å². The monoisotopic (exact) mass is 265 g/mol. The number of rotatable bonds is 3. The van der Waals surface area contributed by atoms with E-state index in [-0.39, 0.29) is 0 Å². The molecule has 2 N–H and O–H groups in total. The summed E-state index contributed by atoms with van der Waals surface area (Å²) < 4.78 is 12.2. The standard InChI is InChI=1S/C13H12ClNOS/c14-11-7-4-8-12(15)13(11)17(16)9-10-5-2-1-3-6-10/h1-8H,9,15H2. The molecule has 0 bridgehead atoms. The maximum Gasteiger partial charge on any atom is 0.0806 e. The Balaban J connectivity index is 2.27. The highest BCUT2D eigenvalue weighted by Gasteiger charge is 2.12. The number of nitrogen functional groups attached to an aromatic ring is 1. The van der Waals surface area contributed by atoms with Crippen molar-refractivity contribution < 1.29 is 4.21 Å². The van der Waals surface area contributed by atoms with Gasteiger partial charge < -0.3 is 5.73 Å². The number of anilines is 1. The van der Waals surface area contributed by atoms with Gasteiger partial charge in [0.05, 0.1) is 26.5 Å². The van der Waals surface area contributed by atoms with Gasteiger partial charge in [-0.1, -0.05) is 48.0 Å². The highest BCUT2D eigenvalue weighted by atomic mass is 35.5. The van der Waals surface area contributed by atoms with Crippen LogP contribution >= 0.6 is 11.6 Å². The lowest BCUT2D eigenvalue weighted by Gasteiger charge is -2.07. The average Bonchev–Trinajstić information content (AvgIpc) is 2.30. The van der Waals surface area contributed by atoms with Crippen LogP contribution in [0.2, 0.25) is 5.02 Å². The Morgan fingerprint density at radius 3 is 2.41 bits per heavy atom. The molecule has 4 heteroatoms. The summed E-state index contributed by atoms with van der Waals surface area (Å²) in [6.45, 7) is 0. The van der Waals surface area contributed by atoms with Crippen molar-refractivity contribution in [1.29, 1.82) is 0 Å². The molecule has 0 heterocycles. The van der Waals surface area contributed by atoms with Crippen LogP contribution in [-0.4, -0.2) is 4.21 Å². The van der Waals surface area contributed by atoms with Crippen LogP contribution in [0.5, 0.6) is 0 Å². The number of hydrogen-bond donors (Lipinski definition) is 1. The molecule has 1 unspecified atom stereocenters. The summed E-state index contributed by atoms with van der Waals surface area (Å²) in [7, 11) is -1.21. The van der Waals surface area contributed by atoms with Crippen molar-refractivity contribution >= 4 is 28.1 Å². The summed E-state index contributed by atoms with van der Waals surface area (Å²) in [6.07, 6.45) is 0. The zero-order chi connectivity index (χ0) is 12.3. The topological polar surface area (TPSA) is 43.1 Å². The van der Waals surface area contributed by atoms with Crippen molar-refractivity contribution in [1.82, 2.24) is 0 Å². The van der Waals surface area contributed by atoms with Crippen molar-refractivity contribution in [3.05, 3.63) is 59.1 Å². The predicted octanol–water partition coefficient (Wildman–Crippen LogP) is 3.23. The SMILES string of the molecule is Nc1cccc(Cl)c1S(=O)Cc1ccccc1. The van der Waals surface area contributed by atoms with Crippen molar-refractivity contribution in [2.75, 3.05) is 5.73 Å². The van der Waals surface area contributed by atoms with E-state index in [1.165, 1.54) is 0 Å². The van der Waals surface area contributed by atoms with Gasteiger partial charge in [-0.25, -0.2) is 0 Å². The van der Waals surface area contributed by atoms with E-state index in [1.54, 1.807) is 18.2 Å². The zero-order valence-corrected chi connectivity index (χ0v) is 10.7.